The lowest BCUT2D eigenvalue weighted by Crippen LogP contribution is -2.45. The average Bonchev–Trinajstić information content (AvgIpc) is 2.68. The molecular formula is C12H22N2O4. The van der Waals surface area contributed by atoms with Crippen LogP contribution in [0.25, 0.3) is 0 Å². The molecule has 18 heavy (non-hydrogen) atoms. The van der Waals surface area contributed by atoms with Gasteiger partial charge in [0.25, 0.3) is 0 Å². The van der Waals surface area contributed by atoms with Crippen LogP contribution in [-0.4, -0.2) is 54.9 Å². The van der Waals surface area contributed by atoms with Gasteiger partial charge < -0.3 is 20.1 Å². The highest BCUT2D eigenvalue weighted by Crippen LogP contribution is 2.24. The number of amides is 2. The number of carbonyl (C=O) groups is 2. The predicted octanol–water partition coefficient (Wildman–Crippen LogP) is 0.773. The van der Waals surface area contributed by atoms with Gasteiger partial charge in [0.15, 0.2) is 0 Å². The summed E-state index contributed by atoms with van der Waals surface area (Å²) >= 11 is 0. The Morgan fingerprint density at radius 1 is 1.56 bits per heavy atom. The molecule has 0 radical (unpaired) electrons. The number of carbonyl (C=O) groups excluding carboxylic acids is 1. The normalized spacial score (nSPS) is 24.9. The predicted molar refractivity (Wildman–Crippen MR) is 66.3 cm³/mol. The van der Waals surface area contributed by atoms with Crippen molar-refractivity contribution in [3.8, 4) is 0 Å². The molecule has 1 saturated heterocycles. The molecule has 0 aromatic rings. The molecule has 0 saturated carbocycles. The summed E-state index contributed by atoms with van der Waals surface area (Å²) in [6, 6.07) is -0.436. The van der Waals surface area contributed by atoms with Crippen molar-refractivity contribution in [2.24, 2.45) is 11.8 Å². The zero-order valence-electron chi connectivity index (χ0n) is 11.2. The minimum absolute atomic E-state index is 0.186. The maximum Gasteiger partial charge on any atom is 0.317 e. The quantitative estimate of drug-likeness (QED) is 0.763. The largest absolute Gasteiger partial charge is 0.481 e. The van der Waals surface area contributed by atoms with Crippen LogP contribution in [-0.2, 0) is 9.53 Å². The first-order valence-corrected chi connectivity index (χ1v) is 6.23. The Bertz CT molecular complexity index is 308. The summed E-state index contributed by atoms with van der Waals surface area (Å²) in [6.45, 7) is 5.39. The molecule has 0 aromatic carbocycles. The molecule has 2 amide bonds. The Labute approximate surface area is 107 Å². The number of hydrogen-bond acceptors (Lipinski definition) is 3. The van der Waals surface area contributed by atoms with Crippen LogP contribution in [0.15, 0.2) is 0 Å². The van der Waals surface area contributed by atoms with Crippen LogP contribution in [0.2, 0.25) is 0 Å². The van der Waals surface area contributed by atoms with E-state index in [0.29, 0.717) is 26.1 Å². The van der Waals surface area contributed by atoms with Crippen molar-refractivity contribution >= 4 is 12.0 Å². The average molecular weight is 258 g/mol. The molecule has 1 aliphatic heterocycles. The van der Waals surface area contributed by atoms with E-state index >= 15 is 0 Å². The van der Waals surface area contributed by atoms with Gasteiger partial charge in [-0.15, -0.1) is 0 Å². The Morgan fingerprint density at radius 3 is 2.72 bits per heavy atom. The van der Waals surface area contributed by atoms with Gasteiger partial charge >= 0.3 is 12.0 Å². The third-order valence-electron chi connectivity index (χ3n) is 3.39. The fourth-order valence-electron chi connectivity index (χ4n) is 2.26. The third kappa shape index (κ3) is 3.60. The number of nitrogens with one attached hydrogen (secondary N) is 1. The first kappa shape index (κ1) is 14.8. The number of carboxylic acid groups (broad SMARTS) is 1. The second-order valence-corrected chi connectivity index (χ2v) is 4.91. The van der Waals surface area contributed by atoms with Gasteiger partial charge in [-0.25, -0.2) is 4.79 Å². The van der Waals surface area contributed by atoms with E-state index in [1.165, 1.54) is 0 Å². The summed E-state index contributed by atoms with van der Waals surface area (Å²) < 4.78 is 4.99. The lowest BCUT2D eigenvalue weighted by molar-refractivity contribution is -0.142. The number of likely N-dealkylation sites (tertiary alicyclic amines) is 1. The number of carboxylic acids is 1. The zero-order chi connectivity index (χ0) is 13.7. The maximum absolute atomic E-state index is 11.9. The first-order chi connectivity index (χ1) is 8.47. The van der Waals surface area contributed by atoms with Crippen LogP contribution >= 0.6 is 0 Å². The maximum atomic E-state index is 11.9. The molecule has 0 aliphatic carbocycles. The Balaban J connectivity index is 2.41. The zero-order valence-corrected chi connectivity index (χ0v) is 11.2. The first-order valence-electron chi connectivity index (χ1n) is 6.23. The van der Waals surface area contributed by atoms with Crippen LogP contribution in [0.5, 0.6) is 0 Å². The summed E-state index contributed by atoms with van der Waals surface area (Å²) in [5, 5.41) is 11.8. The number of ether oxygens (including phenoxy) is 1. The molecule has 0 aromatic heterocycles. The number of rotatable bonds is 5. The van der Waals surface area contributed by atoms with E-state index in [4.69, 9.17) is 9.84 Å². The Morgan fingerprint density at radius 2 is 2.22 bits per heavy atom. The van der Waals surface area contributed by atoms with Crippen LogP contribution in [0, 0.1) is 11.8 Å². The molecule has 1 aliphatic rings. The van der Waals surface area contributed by atoms with Gasteiger partial charge in [0.1, 0.15) is 0 Å². The van der Waals surface area contributed by atoms with E-state index in [1.807, 2.05) is 6.92 Å². The number of aliphatic carboxylic acids is 1. The van der Waals surface area contributed by atoms with Crippen molar-refractivity contribution in [1.82, 2.24) is 10.2 Å². The molecule has 1 fully saturated rings. The molecule has 104 valence electrons. The van der Waals surface area contributed by atoms with Gasteiger partial charge in [0.05, 0.1) is 12.5 Å². The minimum Gasteiger partial charge on any atom is -0.481 e. The van der Waals surface area contributed by atoms with E-state index in [2.05, 4.69) is 5.32 Å². The smallest absolute Gasteiger partial charge is 0.317 e. The molecule has 0 spiro atoms. The fraction of sp³-hybridized carbons (Fsp3) is 0.833. The minimum atomic E-state index is -0.828. The number of nitrogens with zero attached hydrogens (tertiary/aromatic N) is 1. The van der Waals surface area contributed by atoms with Crippen molar-refractivity contribution in [2.75, 3.05) is 26.8 Å². The summed E-state index contributed by atoms with van der Waals surface area (Å²) in [6.07, 6.45) is 0.525. The molecule has 0 bridgehead atoms. The molecule has 1 rings (SSSR count). The third-order valence-corrected chi connectivity index (χ3v) is 3.39. The van der Waals surface area contributed by atoms with Crippen molar-refractivity contribution in [3.05, 3.63) is 0 Å². The number of urea groups is 1. The van der Waals surface area contributed by atoms with Crippen LogP contribution < -0.4 is 5.32 Å². The summed E-state index contributed by atoms with van der Waals surface area (Å²) in [7, 11) is 1.62. The second-order valence-electron chi connectivity index (χ2n) is 4.91. The van der Waals surface area contributed by atoms with Crippen molar-refractivity contribution < 1.29 is 19.4 Å². The van der Waals surface area contributed by atoms with Gasteiger partial charge in [0, 0.05) is 26.2 Å². The highest BCUT2D eigenvalue weighted by Gasteiger charge is 2.37. The van der Waals surface area contributed by atoms with E-state index < -0.39 is 11.9 Å². The molecule has 6 nitrogen and oxygen atoms in total. The topological polar surface area (TPSA) is 78.9 Å². The molecule has 3 unspecified atom stereocenters. The number of methoxy groups -OCH3 is 1. The number of hydrogen-bond donors (Lipinski definition) is 2. The van der Waals surface area contributed by atoms with E-state index in [-0.39, 0.29) is 18.0 Å². The molecule has 1 heterocycles. The molecule has 3 atom stereocenters. The van der Waals surface area contributed by atoms with Gasteiger partial charge in [0.2, 0.25) is 0 Å². The Hall–Kier alpha value is -1.30. The van der Waals surface area contributed by atoms with Gasteiger partial charge in [-0.1, -0.05) is 6.92 Å². The van der Waals surface area contributed by atoms with Crippen LogP contribution in [0.1, 0.15) is 20.3 Å². The Kier molecular flexibility index (Phi) is 5.40. The second kappa shape index (κ2) is 6.58. The van der Waals surface area contributed by atoms with Crippen molar-refractivity contribution in [1.29, 1.82) is 0 Å². The highest BCUT2D eigenvalue weighted by atomic mass is 16.5. The summed E-state index contributed by atoms with van der Waals surface area (Å²) in [4.78, 5) is 24.5. The summed E-state index contributed by atoms with van der Waals surface area (Å²) in [5.41, 5.74) is 0. The van der Waals surface area contributed by atoms with Crippen LogP contribution in [0.4, 0.5) is 4.79 Å². The lowest BCUT2D eigenvalue weighted by atomic mass is 10.0. The van der Waals surface area contributed by atoms with E-state index in [1.54, 1.807) is 18.9 Å². The van der Waals surface area contributed by atoms with E-state index in [9.17, 15) is 9.59 Å². The SMILES string of the molecule is COCC(C)CNC(=O)N1CCC(C(=O)O)C1C. The fourth-order valence-corrected chi connectivity index (χ4v) is 2.26. The highest BCUT2D eigenvalue weighted by molar-refractivity contribution is 5.78. The van der Waals surface area contributed by atoms with Gasteiger partial charge in [-0.3, -0.25) is 4.79 Å². The van der Waals surface area contributed by atoms with Gasteiger partial charge in [-0.05, 0) is 19.3 Å². The van der Waals surface area contributed by atoms with Crippen molar-refractivity contribution in [3.63, 3.8) is 0 Å². The molecular weight excluding hydrogens is 236 g/mol. The van der Waals surface area contributed by atoms with Crippen molar-refractivity contribution in [2.45, 2.75) is 26.3 Å². The standard InChI is InChI=1S/C12H22N2O4/c1-8(7-18-3)6-13-12(17)14-5-4-10(9(14)2)11(15)16/h8-10H,4-7H2,1-3H3,(H,13,17)(H,15,16). The lowest BCUT2D eigenvalue weighted by Gasteiger charge is -2.24. The summed E-state index contributed by atoms with van der Waals surface area (Å²) in [5.74, 6) is -1.04. The monoisotopic (exact) mass is 258 g/mol. The molecule has 6 heteroatoms. The van der Waals surface area contributed by atoms with Crippen LogP contribution in [0.3, 0.4) is 0 Å². The molecule has 2 N–H and O–H groups in total. The van der Waals surface area contributed by atoms with E-state index in [0.717, 1.165) is 0 Å². The van der Waals surface area contributed by atoms with Gasteiger partial charge in [-0.2, -0.15) is 0 Å².